The third-order valence-electron chi connectivity index (χ3n) is 4.13. The Morgan fingerprint density at radius 2 is 1.96 bits per heavy atom. The van der Waals surface area contributed by atoms with E-state index in [9.17, 15) is 9.59 Å². The van der Waals surface area contributed by atoms with Crippen molar-refractivity contribution < 1.29 is 4.79 Å². The van der Waals surface area contributed by atoms with Gasteiger partial charge in [-0.1, -0.05) is 0 Å². The maximum Gasteiger partial charge on any atom is 0.266 e. The number of rotatable bonds is 5. The normalized spacial score (nSPS) is 11.1. The summed E-state index contributed by atoms with van der Waals surface area (Å²) in [6.45, 7) is 4.41. The number of carbonyl (C=O) groups excluding carboxylic acids is 1. The summed E-state index contributed by atoms with van der Waals surface area (Å²) < 4.78 is 9.62. The van der Waals surface area contributed by atoms with Gasteiger partial charge in [0.05, 0.1) is 33.9 Å². The molecule has 8 nitrogen and oxygen atoms in total. The van der Waals surface area contributed by atoms with Gasteiger partial charge in [0.2, 0.25) is 0 Å². The van der Waals surface area contributed by atoms with E-state index in [1.165, 1.54) is 10.7 Å². The highest BCUT2D eigenvalue weighted by Gasteiger charge is 2.11. The van der Waals surface area contributed by atoms with Gasteiger partial charge in [0.25, 0.3) is 11.5 Å². The topological polar surface area (TPSA) is 103 Å². The van der Waals surface area contributed by atoms with Crippen LogP contribution < -0.4 is 10.9 Å². The lowest BCUT2D eigenvalue weighted by molar-refractivity contribution is 0.0952. The second kappa shape index (κ2) is 7.56. The molecule has 1 amide bonds. The summed E-state index contributed by atoms with van der Waals surface area (Å²) in [5.74, 6) is -0.229. The Morgan fingerprint density at radius 1 is 1.14 bits per heavy atom. The Kier molecular flexibility index (Phi) is 4.97. The van der Waals surface area contributed by atoms with Crippen LogP contribution in [0.1, 0.15) is 21.1 Å². The highest BCUT2D eigenvalue weighted by Crippen LogP contribution is 2.27. The van der Waals surface area contributed by atoms with Crippen LogP contribution in [0.15, 0.2) is 35.1 Å². The molecule has 0 aliphatic carbocycles. The van der Waals surface area contributed by atoms with Crippen molar-refractivity contribution in [3.05, 3.63) is 57.0 Å². The van der Waals surface area contributed by atoms with E-state index in [1.54, 1.807) is 35.6 Å². The molecule has 4 rings (SSSR count). The van der Waals surface area contributed by atoms with Gasteiger partial charge in [-0.25, -0.2) is 9.67 Å². The lowest BCUT2D eigenvalue weighted by atomic mass is 10.2. The molecule has 10 heteroatoms. The van der Waals surface area contributed by atoms with Crippen molar-refractivity contribution in [2.75, 3.05) is 6.54 Å². The summed E-state index contributed by atoms with van der Waals surface area (Å²) in [5.41, 5.74) is 3.34. The number of aryl methyl sites for hydroxylation is 2. The fourth-order valence-electron chi connectivity index (χ4n) is 2.80. The maximum absolute atomic E-state index is 12.4. The summed E-state index contributed by atoms with van der Waals surface area (Å²) in [6.07, 6.45) is 0. The van der Waals surface area contributed by atoms with E-state index in [4.69, 9.17) is 0 Å². The van der Waals surface area contributed by atoms with Crippen molar-refractivity contribution in [3.8, 4) is 10.6 Å². The van der Waals surface area contributed by atoms with Crippen molar-refractivity contribution in [2.24, 2.45) is 0 Å². The summed E-state index contributed by atoms with van der Waals surface area (Å²) in [5, 5.41) is 8.19. The first-order valence-electron chi connectivity index (χ1n) is 8.54. The van der Waals surface area contributed by atoms with Crippen LogP contribution in [0.25, 0.3) is 21.6 Å². The fraction of sp³-hybridized carbons (Fsp3) is 0.222. The van der Waals surface area contributed by atoms with E-state index in [0.29, 0.717) is 16.8 Å². The number of fused-ring (bicyclic) bond motifs is 1. The van der Waals surface area contributed by atoms with E-state index in [0.717, 1.165) is 32.8 Å². The second-order valence-electron chi connectivity index (χ2n) is 6.15. The van der Waals surface area contributed by atoms with E-state index in [-0.39, 0.29) is 24.6 Å². The zero-order chi connectivity index (χ0) is 19.7. The lowest BCUT2D eigenvalue weighted by Gasteiger charge is -2.08. The number of aromatic nitrogens is 5. The van der Waals surface area contributed by atoms with Gasteiger partial charge < -0.3 is 5.32 Å². The number of hydrogen-bond donors (Lipinski definition) is 1. The van der Waals surface area contributed by atoms with Gasteiger partial charge in [0.1, 0.15) is 16.7 Å². The van der Waals surface area contributed by atoms with Crippen molar-refractivity contribution in [1.82, 2.24) is 28.8 Å². The SMILES string of the molecule is Cc1nc(C)c(-c2ccc(=O)n(CCNC(=O)c3ccc4nsnc4c3)n2)s1. The second-order valence-corrected chi connectivity index (χ2v) is 7.88. The van der Waals surface area contributed by atoms with Crippen LogP contribution in [0.3, 0.4) is 0 Å². The molecule has 4 aromatic rings. The predicted molar refractivity (Wildman–Crippen MR) is 109 cm³/mol. The highest BCUT2D eigenvalue weighted by atomic mass is 32.1. The predicted octanol–water partition coefficient (Wildman–Crippen LogP) is 2.42. The largest absolute Gasteiger partial charge is 0.350 e. The van der Waals surface area contributed by atoms with Crippen molar-refractivity contribution in [1.29, 1.82) is 0 Å². The molecular weight excluding hydrogens is 396 g/mol. The molecule has 1 N–H and O–H groups in total. The number of thiazole rings is 1. The van der Waals surface area contributed by atoms with Crippen LogP contribution in [-0.2, 0) is 6.54 Å². The molecule has 0 saturated heterocycles. The first-order valence-corrected chi connectivity index (χ1v) is 10.1. The molecule has 0 spiro atoms. The summed E-state index contributed by atoms with van der Waals surface area (Å²) in [7, 11) is 0. The lowest BCUT2D eigenvalue weighted by Crippen LogP contribution is -2.31. The van der Waals surface area contributed by atoms with Gasteiger partial charge in [0.15, 0.2) is 0 Å². The monoisotopic (exact) mass is 412 g/mol. The molecule has 142 valence electrons. The third-order valence-corrected chi connectivity index (χ3v) is 5.78. The minimum absolute atomic E-state index is 0.216. The summed E-state index contributed by atoms with van der Waals surface area (Å²) in [4.78, 5) is 29.8. The van der Waals surface area contributed by atoms with Crippen LogP contribution in [0.5, 0.6) is 0 Å². The molecule has 0 bridgehead atoms. The van der Waals surface area contributed by atoms with E-state index < -0.39 is 0 Å². The third kappa shape index (κ3) is 3.69. The smallest absolute Gasteiger partial charge is 0.266 e. The van der Waals surface area contributed by atoms with Crippen LogP contribution in [0.2, 0.25) is 0 Å². The minimum atomic E-state index is -0.229. The molecule has 3 aromatic heterocycles. The molecular formula is C18H16N6O2S2. The van der Waals surface area contributed by atoms with Crippen LogP contribution in [0.4, 0.5) is 0 Å². The number of nitrogens with one attached hydrogen (secondary N) is 1. The fourth-order valence-corrected chi connectivity index (χ4v) is 4.20. The quantitative estimate of drug-likeness (QED) is 0.540. The van der Waals surface area contributed by atoms with Crippen LogP contribution in [-0.4, -0.2) is 36.0 Å². The van der Waals surface area contributed by atoms with E-state index >= 15 is 0 Å². The van der Waals surface area contributed by atoms with Crippen LogP contribution >= 0.6 is 23.1 Å². The Morgan fingerprint density at radius 3 is 2.75 bits per heavy atom. The summed E-state index contributed by atoms with van der Waals surface area (Å²) in [6, 6.07) is 8.37. The maximum atomic E-state index is 12.4. The number of carbonyl (C=O) groups is 1. The average molecular weight is 412 g/mol. The Hall–Kier alpha value is -2.98. The Bertz CT molecular complexity index is 1230. The number of benzene rings is 1. The van der Waals surface area contributed by atoms with Gasteiger partial charge in [-0.15, -0.1) is 11.3 Å². The van der Waals surface area contributed by atoms with Gasteiger partial charge in [-0.2, -0.15) is 13.8 Å². The highest BCUT2D eigenvalue weighted by molar-refractivity contribution is 7.15. The molecule has 0 radical (unpaired) electrons. The molecule has 3 heterocycles. The Labute approximate surface area is 168 Å². The zero-order valence-corrected chi connectivity index (χ0v) is 16.8. The van der Waals surface area contributed by atoms with Crippen molar-refractivity contribution >= 4 is 40.0 Å². The van der Waals surface area contributed by atoms with Gasteiger partial charge in [-0.3, -0.25) is 9.59 Å². The molecule has 0 fully saturated rings. The molecule has 1 aromatic carbocycles. The summed E-state index contributed by atoms with van der Waals surface area (Å²) >= 11 is 2.65. The van der Waals surface area contributed by atoms with Gasteiger partial charge in [-0.05, 0) is 38.1 Å². The molecule has 0 atom stereocenters. The number of nitrogens with zero attached hydrogens (tertiary/aromatic N) is 5. The first kappa shape index (κ1) is 18.4. The minimum Gasteiger partial charge on any atom is -0.350 e. The molecule has 28 heavy (non-hydrogen) atoms. The van der Waals surface area contributed by atoms with Crippen LogP contribution in [0, 0.1) is 13.8 Å². The van der Waals surface area contributed by atoms with Crippen molar-refractivity contribution in [2.45, 2.75) is 20.4 Å². The molecule has 0 saturated carbocycles. The standard InChI is InChI=1S/C18H16N6O2S2/c1-10-17(27-11(2)20-10)14-5-6-16(25)24(21-14)8-7-19-18(26)12-3-4-13-15(9-12)23-28-22-13/h3-6,9H,7-8H2,1-2H3,(H,19,26). The van der Waals surface area contributed by atoms with E-state index in [2.05, 4.69) is 24.1 Å². The number of hydrogen-bond acceptors (Lipinski definition) is 8. The van der Waals surface area contributed by atoms with E-state index in [1.807, 2.05) is 13.8 Å². The average Bonchev–Trinajstić information content (AvgIpc) is 3.28. The van der Waals surface area contributed by atoms with Crippen molar-refractivity contribution in [3.63, 3.8) is 0 Å². The van der Waals surface area contributed by atoms with Gasteiger partial charge >= 0.3 is 0 Å². The molecule has 0 aliphatic heterocycles. The Balaban J connectivity index is 1.45. The van der Waals surface area contributed by atoms with Gasteiger partial charge in [0, 0.05) is 18.2 Å². The first-order chi connectivity index (χ1) is 13.5. The molecule has 0 unspecified atom stereocenters. The number of amides is 1. The zero-order valence-electron chi connectivity index (χ0n) is 15.2. The molecule has 0 aliphatic rings.